The van der Waals surface area contributed by atoms with Gasteiger partial charge in [-0.2, -0.15) is 0 Å². The van der Waals surface area contributed by atoms with Crippen LogP contribution >= 0.6 is 0 Å². The van der Waals surface area contributed by atoms with Gasteiger partial charge in [-0.05, 0) is 66.4 Å². The van der Waals surface area contributed by atoms with Gasteiger partial charge in [0.2, 0.25) is 10.0 Å². The molecule has 7 heteroatoms. The number of carbonyl (C=O) groups excluding carboxylic acids is 1. The molecule has 174 valence electrons. The van der Waals surface area contributed by atoms with Gasteiger partial charge in [0.25, 0.3) is 5.91 Å². The summed E-state index contributed by atoms with van der Waals surface area (Å²) >= 11 is 0. The molecule has 0 bridgehead atoms. The van der Waals surface area contributed by atoms with Crippen molar-refractivity contribution in [1.82, 2.24) is 5.32 Å². The second-order valence-electron chi connectivity index (χ2n) is 8.01. The zero-order valence-corrected chi connectivity index (χ0v) is 20.2. The van der Waals surface area contributed by atoms with Gasteiger partial charge in [-0.3, -0.25) is 9.10 Å². The molecule has 1 N–H and O–H groups in total. The minimum Gasteiger partial charge on any atom is -0.497 e. The predicted octanol–water partition coefficient (Wildman–Crippen LogP) is 4.85. The zero-order valence-electron chi connectivity index (χ0n) is 19.4. The first kappa shape index (κ1) is 24.3. The number of benzene rings is 3. The highest BCUT2D eigenvalue weighted by Gasteiger charge is 2.19. The number of aryl methyl sites for hydroxylation is 1. The summed E-state index contributed by atoms with van der Waals surface area (Å²) in [6.07, 6.45) is 1.94. The van der Waals surface area contributed by atoms with E-state index in [9.17, 15) is 13.2 Å². The lowest BCUT2D eigenvalue weighted by molar-refractivity contribution is 0.0935. The molecule has 0 unspecified atom stereocenters. The van der Waals surface area contributed by atoms with E-state index in [0.29, 0.717) is 11.3 Å². The van der Waals surface area contributed by atoms with Crippen LogP contribution in [-0.2, 0) is 16.6 Å². The largest absolute Gasteiger partial charge is 0.497 e. The van der Waals surface area contributed by atoms with E-state index in [2.05, 4.69) is 5.32 Å². The van der Waals surface area contributed by atoms with Crippen LogP contribution in [0.25, 0.3) is 0 Å². The minimum absolute atomic E-state index is 0.120. The molecular weight excluding hydrogens is 436 g/mol. The van der Waals surface area contributed by atoms with Gasteiger partial charge >= 0.3 is 0 Å². The molecule has 0 aliphatic carbocycles. The van der Waals surface area contributed by atoms with Crippen LogP contribution in [0, 0.1) is 6.92 Å². The first-order chi connectivity index (χ1) is 15.7. The molecule has 0 saturated carbocycles. The fraction of sp³-hybridized carbons (Fsp3) is 0.269. The third-order valence-corrected chi connectivity index (χ3v) is 6.60. The van der Waals surface area contributed by atoms with Crippen molar-refractivity contribution >= 4 is 21.6 Å². The Morgan fingerprint density at radius 2 is 1.70 bits per heavy atom. The van der Waals surface area contributed by atoms with Gasteiger partial charge in [-0.25, -0.2) is 8.42 Å². The summed E-state index contributed by atoms with van der Waals surface area (Å²) in [5.41, 5.74) is 3.91. The summed E-state index contributed by atoms with van der Waals surface area (Å²) < 4.78 is 31.4. The van der Waals surface area contributed by atoms with E-state index in [1.807, 2.05) is 56.3 Å². The van der Waals surface area contributed by atoms with Crippen LogP contribution in [-0.4, -0.2) is 27.7 Å². The van der Waals surface area contributed by atoms with Gasteiger partial charge in [0.1, 0.15) is 5.75 Å². The summed E-state index contributed by atoms with van der Waals surface area (Å²) in [5, 5.41) is 3.07. The molecule has 1 atom stereocenters. The molecule has 0 aliphatic heterocycles. The maximum atomic E-state index is 12.8. The van der Waals surface area contributed by atoms with Crippen molar-refractivity contribution in [3.8, 4) is 5.75 Å². The number of amides is 1. The SMILES string of the molecule is CC[C@@H](NC(=O)c1ccc(CN(c2cccc(C)c2)S(C)(=O)=O)cc1)c1ccc(OC)cc1. The van der Waals surface area contributed by atoms with Crippen LogP contribution in [0.1, 0.15) is 46.4 Å². The number of anilines is 1. The molecule has 1 amide bonds. The predicted molar refractivity (Wildman–Crippen MR) is 132 cm³/mol. The Balaban J connectivity index is 1.73. The molecule has 0 fully saturated rings. The molecule has 0 heterocycles. The summed E-state index contributed by atoms with van der Waals surface area (Å²) in [4.78, 5) is 12.8. The smallest absolute Gasteiger partial charge is 0.251 e. The van der Waals surface area contributed by atoms with Gasteiger partial charge in [-0.1, -0.05) is 43.3 Å². The monoisotopic (exact) mass is 466 g/mol. The van der Waals surface area contributed by atoms with Gasteiger partial charge < -0.3 is 10.1 Å². The van der Waals surface area contributed by atoms with Crippen LogP contribution in [0.3, 0.4) is 0 Å². The van der Waals surface area contributed by atoms with Crippen LogP contribution in [0.5, 0.6) is 5.75 Å². The number of methoxy groups -OCH3 is 1. The number of ether oxygens (including phenoxy) is 1. The summed E-state index contributed by atoms with van der Waals surface area (Å²) in [5.74, 6) is 0.590. The van der Waals surface area contributed by atoms with E-state index < -0.39 is 10.0 Å². The second kappa shape index (κ2) is 10.5. The molecule has 3 rings (SSSR count). The maximum absolute atomic E-state index is 12.8. The van der Waals surface area contributed by atoms with Gasteiger partial charge in [0, 0.05) is 5.56 Å². The van der Waals surface area contributed by atoms with Gasteiger partial charge in [0.05, 0.1) is 31.6 Å². The van der Waals surface area contributed by atoms with Crippen LogP contribution < -0.4 is 14.4 Å². The molecular formula is C26H30N2O4S. The number of hydrogen-bond acceptors (Lipinski definition) is 4. The molecule has 3 aromatic rings. The summed E-state index contributed by atoms with van der Waals surface area (Å²) in [7, 11) is -1.85. The number of hydrogen-bond donors (Lipinski definition) is 1. The lowest BCUT2D eigenvalue weighted by Gasteiger charge is -2.23. The Morgan fingerprint density at radius 1 is 1.03 bits per heavy atom. The van der Waals surface area contributed by atoms with Crippen LogP contribution in [0.15, 0.2) is 72.8 Å². The summed E-state index contributed by atoms with van der Waals surface area (Å²) in [6.45, 7) is 4.13. The lowest BCUT2D eigenvalue weighted by atomic mass is 10.0. The van der Waals surface area contributed by atoms with E-state index in [1.54, 1.807) is 37.4 Å². The molecule has 0 aliphatic rings. The zero-order chi connectivity index (χ0) is 24.0. The average Bonchev–Trinajstić information content (AvgIpc) is 2.80. The third-order valence-electron chi connectivity index (χ3n) is 5.46. The van der Waals surface area contributed by atoms with Crippen molar-refractivity contribution in [1.29, 1.82) is 0 Å². The maximum Gasteiger partial charge on any atom is 0.251 e. The molecule has 0 saturated heterocycles. The van der Waals surface area contributed by atoms with Crippen molar-refractivity contribution in [2.75, 3.05) is 17.7 Å². The van der Waals surface area contributed by atoms with E-state index in [-0.39, 0.29) is 18.5 Å². The topological polar surface area (TPSA) is 75.7 Å². The Morgan fingerprint density at radius 3 is 2.24 bits per heavy atom. The second-order valence-corrected chi connectivity index (χ2v) is 9.92. The Kier molecular flexibility index (Phi) is 7.76. The number of sulfonamides is 1. The molecule has 0 spiro atoms. The molecule has 0 radical (unpaired) electrons. The highest BCUT2D eigenvalue weighted by Crippen LogP contribution is 2.23. The first-order valence-electron chi connectivity index (χ1n) is 10.8. The Labute approximate surface area is 196 Å². The average molecular weight is 467 g/mol. The van der Waals surface area contributed by atoms with Crippen LogP contribution in [0.4, 0.5) is 5.69 Å². The molecule has 3 aromatic carbocycles. The van der Waals surface area contributed by atoms with E-state index >= 15 is 0 Å². The highest BCUT2D eigenvalue weighted by atomic mass is 32.2. The van der Waals surface area contributed by atoms with E-state index in [1.165, 1.54) is 10.6 Å². The number of nitrogens with zero attached hydrogens (tertiary/aromatic N) is 1. The summed E-state index contributed by atoms with van der Waals surface area (Å²) in [6, 6.07) is 21.9. The number of nitrogens with one attached hydrogen (secondary N) is 1. The van der Waals surface area contributed by atoms with Crippen molar-refractivity contribution in [2.24, 2.45) is 0 Å². The first-order valence-corrected chi connectivity index (χ1v) is 12.6. The third kappa shape index (κ3) is 6.35. The molecule has 6 nitrogen and oxygen atoms in total. The van der Waals surface area contributed by atoms with Crippen molar-refractivity contribution in [3.63, 3.8) is 0 Å². The van der Waals surface area contributed by atoms with Crippen LogP contribution in [0.2, 0.25) is 0 Å². The minimum atomic E-state index is -3.47. The lowest BCUT2D eigenvalue weighted by Crippen LogP contribution is -2.29. The number of rotatable bonds is 9. The number of carbonyl (C=O) groups is 1. The Hall–Kier alpha value is -3.32. The normalized spacial score (nSPS) is 12.1. The Bertz CT molecular complexity index is 1190. The van der Waals surface area contributed by atoms with Crippen molar-refractivity contribution < 1.29 is 17.9 Å². The fourth-order valence-electron chi connectivity index (χ4n) is 3.61. The molecule has 0 aromatic heterocycles. The fourth-order valence-corrected chi connectivity index (χ4v) is 4.49. The van der Waals surface area contributed by atoms with Gasteiger partial charge in [-0.15, -0.1) is 0 Å². The van der Waals surface area contributed by atoms with E-state index in [4.69, 9.17) is 4.74 Å². The highest BCUT2D eigenvalue weighted by molar-refractivity contribution is 7.92. The van der Waals surface area contributed by atoms with E-state index in [0.717, 1.165) is 28.9 Å². The quantitative estimate of drug-likeness (QED) is 0.489. The van der Waals surface area contributed by atoms with Gasteiger partial charge in [0.15, 0.2) is 0 Å². The standard InChI is InChI=1S/C26H30N2O4S/c1-5-25(21-13-15-24(32-3)16-14-21)27-26(29)22-11-9-20(10-12-22)18-28(33(4,30)31)23-8-6-7-19(2)17-23/h6-17,25H,5,18H2,1-4H3,(H,27,29)/t25-/m1/s1. The van der Waals surface area contributed by atoms with Crippen molar-refractivity contribution in [2.45, 2.75) is 32.9 Å². The molecule has 33 heavy (non-hydrogen) atoms. The van der Waals surface area contributed by atoms with Crippen molar-refractivity contribution in [3.05, 3.63) is 95.1 Å².